The Morgan fingerprint density at radius 2 is 2.00 bits per heavy atom. The third-order valence-electron chi connectivity index (χ3n) is 3.26. The van der Waals surface area contributed by atoms with Crippen LogP contribution >= 0.6 is 0 Å². The minimum atomic E-state index is -4.51. The van der Waals surface area contributed by atoms with Gasteiger partial charge in [-0.15, -0.1) is 0 Å². The van der Waals surface area contributed by atoms with Crippen LogP contribution in [0.2, 0.25) is 0 Å². The Labute approximate surface area is 92.6 Å². The van der Waals surface area contributed by atoms with Crippen LogP contribution in [0.15, 0.2) is 0 Å². The molecule has 16 heavy (non-hydrogen) atoms. The highest BCUT2D eigenvalue weighted by Gasteiger charge is 2.39. The van der Waals surface area contributed by atoms with Gasteiger partial charge in [0, 0.05) is 31.7 Å². The molecule has 3 nitrogen and oxygen atoms in total. The number of nitrogens with zero attached hydrogens (tertiary/aromatic N) is 1. The van der Waals surface area contributed by atoms with E-state index in [2.05, 4.69) is 10.2 Å². The van der Waals surface area contributed by atoms with Gasteiger partial charge in [-0.25, -0.2) is 0 Å². The number of aliphatic hydroxyl groups excluding tert-OH is 1. The average Bonchev–Trinajstić information content (AvgIpc) is 2.94. The largest absolute Gasteiger partial charge is 0.415 e. The van der Waals surface area contributed by atoms with Gasteiger partial charge < -0.3 is 10.4 Å². The molecular weight excluding hydrogens is 221 g/mol. The number of nitrogens with one attached hydrogen (secondary N) is 1. The average molecular weight is 238 g/mol. The van der Waals surface area contributed by atoms with Gasteiger partial charge in [-0.3, -0.25) is 4.90 Å². The lowest BCUT2D eigenvalue weighted by Gasteiger charge is -2.19. The van der Waals surface area contributed by atoms with E-state index in [9.17, 15) is 13.2 Å². The van der Waals surface area contributed by atoms with Crippen LogP contribution < -0.4 is 5.32 Å². The summed E-state index contributed by atoms with van der Waals surface area (Å²) in [5.74, 6) is 0. The first kappa shape index (κ1) is 12.1. The smallest absolute Gasteiger partial charge is 0.382 e. The summed E-state index contributed by atoms with van der Waals surface area (Å²) in [5.41, 5.74) is 0. The van der Waals surface area contributed by atoms with Crippen LogP contribution in [-0.4, -0.2) is 54.0 Å². The van der Waals surface area contributed by atoms with Crippen molar-refractivity contribution in [3.05, 3.63) is 0 Å². The fourth-order valence-corrected chi connectivity index (χ4v) is 2.12. The van der Waals surface area contributed by atoms with Crippen molar-refractivity contribution in [2.45, 2.75) is 43.6 Å². The molecule has 1 aliphatic carbocycles. The number of aliphatic hydroxyl groups is 1. The maximum absolute atomic E-state index is 12.0. The zero-order valence-corrected chi connectivity index (χ0v) is 9.00. The van der Waals surface area contributed by atoms with Crippen molar-refractivity contribution in [2.75, 3.05) is 19.6 Å². The van der Waals surface area contributed by atoms with E-state index in [1.54, 1.807) is 0 Å². The van der Waals surface area contributed by atoms with E-state index >= 15 is 0 Å². The zero-order valence-electron chi connectivity index (χ0n) is 9.00. The highest BCUT2D eigenvalue weighted by molar-refractivity contribution is 4.92. The van der Waals surface area contributed by atoms with Crippen molar-refractivity contribution in [2.24, 2.45) is 0 Å². The van der Waals surface area contributed by atoms with Crippen molar-refractivity contribution >= 4 is 0 Å². The van der Waals surface area contributed by atoms with Gasteiger partial charge in [0.2, 0.25) is 0 Å². The lowest BCUT2D eigenvalue weighted by Crippen LogP contribution is -2.43. The second-order valence-electron chi connectivity index (χ2n) is 4.68. The predicted octanol–water partition coefficient (Wildman–Crippen LogP) is 0.736. The molecule has 1 saturated carbocycles. The maximum atomic E-state index is 12.0. The molecule has 6 heteroatoms. The van der Waals surface area contributed by atoms with Gasteiger partial charge in [0.15, 0.2) is 6.10 Å². The summed E-state index contributed by atoms with van der Waals surface area (Å²) in [6, 6.07) is 0.761. The van der Waals surface area contributed by atoms with E-state index in [-0.39, 0.29) is 6.04 Å². The highest BCUT2D eigenvalue weighted by atomic mass is 19.4. The first-order valence-electron chi connectivity index (χ1n) is 5.69. The highest BCUT2D eigenvalue weighted by Crippen LogP contribution is 2.29. The summed E-state index contributed by atoms with van der Waals surface area (Å²) >= 11 is 0. The van der Waals surface area contributed by atoms with E-state index < -0.39 is 18.8 Å². The predicted molar refractivity (Wildman–Crippen MR) is 53.1 cm³/mol. The van der Waals surface area contributed by atoms with Crippen LogP contribution in [0.4, 0.5) is 13.2 Å². The molecule has 0 amide bonds. The van der Waals surface area contributed by atoms with Crippen LogP contribution in [0, 0.1) is 0 Å². The third kappa shape index (κ3) is 3.09. The first-order chi connectivity index (χ1) is 7.47. The molecule has 2 unspecified atom stereocenters. The summed E-state index contributed by atoms with van der Waals surface area (Å²) in [6.45, 7) is 1.38. The fraction of sp³-hybridized carbons (Fsp3) is 1.00. The summed E-state index contributed by atoms with van der Waals surface area (Å²) in [7, 11) is 0. The standard InChI is InChI=1S/C10H17F3N2O/c11-10(12,13)9(16)5-14-7-3-4-15(6-7)8-1-2-8/h7-9,14,16H,1-6H2. The van der Waals surface area contributed by atoms with Gasteiger partial charge in [0.05, 0.1) is 0 Å². The molecule has 0 bridgehead atoms. The molecule has 0 aromatic rings. The Balaban J connectivity index is 1.67. The van der Waals surface area contributed by atoms with E-state index in [4.69, 9.17) is 5.11 Å². The summed E-state index contributed by atoms with van der Waals surface area (Å²) in [5, 5.41) is 11.6. The van der Waals surface area contributed by atoms with Gasteiger partial charge in [-0.05, 0) is 19.3 Å². The maximum Gasteiger partial charge on any atom is 0.415 e. The minimum Gasteiger partial charge on any atom is -0.382 e. The SMILES string of the molecule is OC(CNC1CCN(C2CC2)C1)C(F)(F)F. The molecule has 0 spiro atoms. The van der Waals surface area contributed by atoms with Gasteiger partial charge in [0.1, 0.15) is 0 Å². The normalized spacial score (nSPS) is 29.6. The van der Waals surface area contributed by atoms with Gasteiger partial charge in [-0.1, -0.05) is 0 Å². The second kappa shape index (κ2) is 4.50. The molecular formula is C10H17F3N2O. The number of halogens is 3. The van der Waals surface area contributed by atoms with E-state index in [1.807, 2.05) is 0 Å². The van der Waals surface area contributed by atoms with Crippen LogP contribution in [0.3, 0.4) is 0 Å². The van der Waals surface area contributed by atoms with Crippen LogP contribution in [0.5, 0.6) is 0 Å². The fourth-order valence-electron chi connectivity index (χ4n) is 2.12. The first-order valence-corrected chi connectivity index (χ1v) is 5.69. The molecule has 2 N–H and O–H groups in total. The Kier molecular flexibility index (Phi) is 3.42. The van der Waals surface area contributed by atoms with E-state index in [0.29, 0.717) is 6.04 Å². The van der Waals surface area contributed by atoms with Crippen molar-refractivity contribution in [3.8, 4) is 0 Å². The van der Waals surface area contributed by atoms with Crippen molar-refractivity contribution in [1.29, 1.82) is 0 Å². The number of rotatable bonds is 4. The van der Waals surface area contributed by atoms with Gasteiger partial charge >= 0.3 is 6.18 Å². The lowest BCUT2D eigenvalue weighted by atomic mass is 10.2. The third-order valence-corrected chi connectivity index (χ3v) is 3.26. The quantitative estimate of drug-likeness (QED) is 0.758. The molecule has 0 aromatic heterocycles. The van der Waals surface area contributed by atoms with E-state index in [1.165, 1.54) is 12.8 Å². The second-order valence-corrected chi connectivity index (χ2v) is 4.68. The molecule has 2 aliphatic rings. The molecule has 2 fully saturated rings. The number of hydrogen-bond donors (Lipinski definition) is 2. The molecule has 2 atom stereocenters. The number of likely N-dealkylation sites (tertiary alicyclic amines) is 1. The Morgan fingerprint density at radius 3 is 2.56 bits per heavy atom. The number of alkyl halides is 3. The van der Waals surface area contributed by atoms with Crippen LogP contribution in [-0.2, 0) is 0 Å². The van der Waals surface area contributed by atoms with Gasteiger partial charge in [0.25, 0.3) is 0 Å². The number of hydrogen-bond acceptors (Lipinski definition) is 3. The molecule has 0 radical (unpaired) electrons. The molecule has 94 valence electrons. The van der Waals surface area contributed by atoms with Crippen molar-refractivity contribution in [3.63, 3.8) is 0 Å². The molecule has 1 aliphatic heterocycles. The molecule has 1 heterocycles. The topological polar surface area (TPSA) is 35.5 Å². The summed E-state index contributed by atoms with van der Waals surface area (Å²) in [6.07, 6.45) is -3.44. The summed E-state index contributed by atoms with van der Waals surface area (Å²) in [4.78, 5) is 2.32. The Hall–Kier alpha value is -0.330. The summed E-state index contributed by atoms with van der Waals surface area (Å²) < 4.78 is 36.1. The van der Waals surface area contributed by atoms with E-state index in [0.717, 1.165) is 19.5 Å². The zero-order chi connectivity index (χ0) is 11.8. The van der Waals surface area contributed by atoms with Crippen molar-refractivity contribution in [1.82, 2.24) is 10.2 Å². The van der Waals surface area contributed by atoms with Crippen LogP contribution in [0.1, 0.15) is 19.3 Å². The Morgan fingerprint density at radius 1 is 1.31 bits per heavy atom. The van der Waals surface area contributed by atoms with Crippen molar-refractivity contribution < 1.29 is 18.3 Å². The van der Waals surface area contributed by atoms with Crippen LogP contribution in [0.25, 0.3) is 0 Å². The lowest BCUT2D eigenvalue weighted by molar-refractivity contribution is -0.202. The monoisotopic (exact) mass is 238 g/mol. The Bertz CT molecular complexity index is 243. The minimum absolute atomic E-state index is 0.0950. The van der Waals surface area contributed by atoms with Gasteiger partial charge in [-0.2, -0.15) is 13.2 Å². The molecule has 2 rings (SSSR count). The molecule has 1 saturated heterocycles. The molecule has 0 aromatic carbocycles.